The van der Waals surface area contributed by atoms with Gasteiger partial charge in [0, 0.05) is 23.7 Å². The predicted molar refractivity (Wildman–Crippen MR) is 76.4 cm³/mol. The van der Waals surface area contributed by atoms with Crippen molar-refractivity contribution < 1.29 is 4.79 Å². The molecule has 1 rings (SSSR count). The molecule has 0 unspecified atom stereocenters. The minimum absolute atomic E-state index is 0.137. The van der Waals surface area contributed by atoms with Gasteiger partial charge in [0.2, 0.25) is 5.91 Å². The highest BCUT2D eigenvalue weighted by atomic mass is 16.2. The smallest absolute Gasteiger partial charge is 0.232 e. The molecule has 0 radical (unpaired) electrons. The number of carbonyl (C=O) groups excluding carboxylic acids is 1. The molecule has 0 aliphatic rings. The van der Waals surface area contributed by atoms with Crippen LogP contribution in [0.4, 0.5) is 5.69 Å². The van der Waals surface area contributed by atoms with Crippen LogP contribution in [0.3, 0.4) is 0 Å². The first kappa shape index (κ1) is 14.7. The first-order valence-electron chi connectivity index (χ1n) is 6.40. The molecule has 0 aromatic heterocycles. The summed E-state index contributed by atoms with van der Waals surface area (Å²) in [6.07, 6.45) is 0. The number of nitrogens with zero attached hydrogens (tertiary/aromatic N) is 1. The average Bonchev–Trinajstić information content (AvgIpc) is 2.28. The van der Waals surface area contributed by atoms with Crippen LogP contribution in [0.25, 0.3) is 0 Å². The summed E-state index contributed by atoms with van der Waals surface area (Å²) >= 11 is 0. The van der Waals surface area contributed by atoms with Gasteiger partial charge in [0.05, 0.1) is 0 Å². The topological polar surface area (TPSA) is 46.3 Å². The molecule has 1 aromatic rings. The van der Waals surface area contributed by atoms with E-state index in [1.807, 2.05) is 63.8 Å². The Morgan fingerprint density at radius 3 is 2.06 bits per heavy atom. The maximum Gasteiger partial charge on any atom is 0.232 e. The molecule has 18 heavy (non-hydrogen) atoms. The van der Waals surface area contributed by atoms with Gasteiger partial charge in [-0.3, -0.25) is 4.79 Å². The van der Waals surface area contributed by atoms with E-state index in [1.54, 1.807) is 0 Å². The molecule has 0 fully saturated rings. The van der Waals surface area contributed by atoms with Gasteiger partial charge in [-0.1, -0.05) is 32.9 Å². The normalized spacial score (nSPS) is 11.7. The highest BCUT2D eigenvalue weighted by Gasteiger charge is 2.29. The summed E-state index contributed by atoms with van der Waals surface area (Å²) in [5, 5.41) is 0. The summed E-state index contributed by atoms with van der Waals surface area (Å²) in [5.74, 6) is 0.137. The first-order valence-corrected chi connectivity index (χ1v) is 6.40. The second-order valence-electron chi connectivity index (χ2n) is 5.89. The predicted octanol–water partition coefficient (Wildman–Crippen LogP) is 2.93. The van der Waals surface area contributed by atoms with Crippen molar-refractivity contribution >= 4 is 11.6 Å². The molecular formula is C15H24N2O. The van der Waals surface area contributed by atoms with Crippen LogP contribution in [-0.4, -0.2) is 11.9 Å². The Bertz CT molecular complexity index is 401. The van der Waals surface area contributed by atoms with Crippen LogP contribution in [0, 0.1) is 5.41 Å². The van der Waals surface area contributed by atoms with Crippen LogP contribution in [0.1, 0.15) is 40.2 Å². The summed E-state index contributed by atoms with van der Waals surface area (Å²) in [5.41, 5.74) is 7.21. The lowest BCUT2D eigenvalue weighted by Gasteiger charge is -2.32. The van der Waals surface area contributed by atoms with Crippen molar-refractivity contribution in [3.05, 3.63) is 29.8 Å². The maximum atomic E-state index is 12.5. The van der Waals surface area contributed by atoms with Gasteiger partial charge >= 0.3 is 0 Å². The zero-order valence-corrected chi connectivity index (χ0v) is 12.0. The van der Waals surface area contributed by atoms with E-state index in [0.29, 0.717) is 6.54 Å². The van der Waals surface area contributed by atoms with Crippen molar-refractivity contribution in [2.24, 2.45) is 11.1 Å². The Morgan fingerprint density at radius 2 is 1.72 bits per heavy atom. The van der Waals surface area contributed by atoms with Crippen molar-refractivity contribution in [1.29, 1.82) is 0 Å². The molecule has 0 spiro atoms. The number of benzene rings is 1. The molecule has 2 N–H and O–H groups in total. The number of hydrogen-bond acceptors (Lipinski definition) is 2. The summed E-state index contributed by atoms with van der Waals surface area (Å²) in [4.78, 5) is 14.3. The number of nitrogens with two attached hydrogens (primary N) is 1. The zero-order chi connectivity index (χ0) is 13.9. The Morgan fingerprint density at radius 1 is 1.22 bits per heavy atom. The summed E-state index contributed by atoms with van der Waals surface area (Å²) in [6.45, 7) is 10.4. The number of amides is 1. The van der Waals surface area contributed by atoms with Crippen LogP contribution in [-0.2, 0) is 11.3 Å². The van der Waals surface area contributed by atoms with Crippen LogP contribution in [0.2, 0.25) is 0 Å². The van der Waals surface area contributed by atoms with Crippen LogP contribution in [0.15, 0.2) is 24.3 Å². The molecular weight excluding hydrogens is 224 g/mol. The van der Waals surface area contributed by atoms with E-state index >= 15 is 0 Å². The molecule has 3 heteroatoms. The number of carbonyl (C=O) groups is 1. The van der Waals surface area contributed by atoms with Crippen molar-refractivity contribution in [2.45, 2.75) is 47.2 Å². The molecule has 100 valence electrons. The van der Waals surface area contributed by atoms with Gasteiger partial charge in [-0.25, -0.2) is 0 Å². The third kappa shape index (κ3) is 3.33. The quantitative estimate of drug-likeness (QED) is 0.894. The lowest BCUT2D eigenvalue weighted by molar-refractivity contribution is -0.126. The Hall–Kier alpha value is -1.35. The SMILES string of the molecule is CC(C)N(C(=O)C(C)(C)C)c1ccc(CN)cc1. The van der Waals surface area contributed by atoms with E-state index in [2.05, 4.69) is 0 Å². The second kappa shape index (κ2) is 5.53. The molecule has 0 atom stereocenters. The van der Waals surface area contributed by atoms with E-state index in [9.17, 15) is 4.79 Å². The minimum Gasteiger partial charge on any atom is -0.326 e. The average molecular weight is 248 g/mol. The number of rotatable bonds is 3. The van der Waals surface area contributed by atoms with E-state index in [-0.39, 0.29) is 17.4 Å². The highest BCUT2D eigenvalue weighted by Crippen LogP contribution is 2.25. The first-order chi connectivity index (χ1) is 8.27. The summed E-state index contributed by atoms with van der Waals surface area (Å²) in [6, 6.07) is 8.01. The third-order valence-electron chi connectivity index (χ3n) is 2.83. The molecule has 0 heterocycles. The molecule has 3 nitrogen and oxygen atoms in total. The standard InChI is InChI=1S/C15H24N2O/c1-11(2)17(14(18)15(3,4)5)13-8-6-12(10-16)7-9-13/h6-9,11H,10,16H2,1-5H3. The Balaban J connectivity index is 3.08. The minimum atomic E-state index is -0.378. The van der Waals surface area contributed by atoms with Gasteiger partial charge in [-0.15, -0.1) is 0 Å². The van der Waals surface area contributed by atoms with Crippen molar-refractivity contribution in [1.82, 2.24) is 0 Å². The molecule has 0 saturated heterocycles. The summed E-state index contributed by atoms with van der Waals surface area (Å²) in [7, 11) is 0. The van der Waals surface area contributed by atoms with Gasteiger partial charge in [-0.05, 0) is 31.5 Å². The van der Waals surface area contributed by atoms with Crippen LogP contribution in [0.5, 0.6) is 0 Å². The van der Waals surface area contributed by atoms with Gasteiger partial charge in [-0.2, -0.15) is 0 Å². The third-order valence-corrected chi connectivity index (χ3v) is 2.83. The van der Waals surface area contributed by atoms with Crippen molar-refractivity contribution in [3.8, 4) is 0 Å². The molecule has 0 aliphatic carbocycles. The van der Waals surface area contributed by atoms with Gasteiger partial charge in [0.25, 0.3) is 0 Å². The van der Waals surface area contributed by atoms with Gasteiger partial charge in [0.1, 0.15) is 0 Å². The van der Waals surface area contributed by atoms with E-state index in [0.717, 1.165) is 11.3 Å². The fourth-order valence-corrected chi connectivity index (χ4v) is 1.80. The number of hydrogen-bond donors (Lipinski definition) is 1. The monoisotopic (exact) mass is 248 g/mol. The second-order valence-corrected chi connectivity index (χ2v) is 5.89. The summed E-state index contributed by atoms with van der Waals surface area (Å²) < 4.78 is 0. The van der Waals surface area contributed by atoms with Crippen LogP contribution < -0.4 is 10.6 Å². The zero-order valence-electron chi connectivity index (χ0n) is 12.0. The Labute approximate surface area is 110 Å². The van der Waals surface area contributed by atoms with Crippen LogP contribution >= 0.6 is 0 Å². The van der Waals surface area contributed by atoms with Crippen molar-refractivity contribution in [3.63, 3.8) is 0 Å². The fourth-order valence-electron chi connectivity index (χ4n) is 1.80. The molecule has 0 aliphatic heterocycles. The highest BCUT2D eigenvalue weighted by molar-refractivity contribution is 5.97. The number of anilines is 1. The van der Waals surface area contributed by atoms with Gasteiger partial charge in [0.15, 0.2) is 0 Å². The molecule has 1 aromatic carbocycles. The van der Waals surface area contributed by atoms with E-state index in [1.165, 1.54) is 0 Å². The van der Waals surface area contributed by atoms with E-state index in [4.69, 9.17) is 5.73 Å². The Kier molecular flexibility index (Phi) is 4.52. The fraction of sp³-hybridized carbons (Fsp3) is 0.533. The lowest BCUT2D eigenvalue weighted by Crippen LogP contribution is -2.43. The lowest BCUT2D eigenvalue weighted by atomic mass is 9.93. The van der Waals surface area contributed by atoms with E-state index < -0.39 is 0 Å². The largest absolute Gasteiger partial charge is 0.326 e. The maximum absolute atomic E-state index is 12.5. The molecule has 1 amide bonds. The molecule has 0 bridgehead atoms. The van der Waals surface area contributed by atoms with Crippen molar-refractivity contribution in [2.75, 3.05) is 4.90 Å². The van der Waals surface area contributed by atoms with Gasteiger partial charge < -0.3 is 10.6 Å². The molecule has 0 saturated carbocycles.